The van der Waals surface area contributed by atoms with Crippen LogP contribution in [0, 0.1) is 0 Å². The van der Waals surface area contributed by atoms with E-state index in [0.29, 0.717) is 12.1 Å². The monoisotopic (exact) mass is 223 g/mol. The van der Waals surface area contributed by atoms with E-state index in [1.165, 1.54) is 38.8 Å². The molecule has 1 unspecified atom stereocenters. The van der Waals surface area contributed by atoms with E-state index in [2.05, 4.69) is 10.2 Å². The van der Waals surface area contributed by atoms with Gasteiger partial charge in [-0.25, -0.2) is 4.79 Å². The van der Waals surface area contributed by atoms with Crippen molar-refractivity contribution in [2.45, 2.75) is 44.2 Å². The topological polar surface area (TPSA) is 35.6 Å². The molecule has 1 N–H and O–H groups in total. The third-order valence-electron chi connectivity index (χ3n) is 4.01. The van der Waals surface area contributed by atoms with Gasteiger partial charge in [0.2, 0.25) is 0 Å². The number of rotatable bonds is 2. The normalized spacial score (nSPS) is 31.0. The Balaban J connectivity index is 1.49. The van der Waals surface area contributed by atoms with E-state index in [4.69, 9.17) is 0 Å². The fourth-order valence-corrected chi connectivity index (χ4v) is 2.82. The van der Waals surface area contributed by atoms with E-state index < -0.39 is 0 Å². The zero-order chi connectivity index (χ0) is 11.0. The fraction of sp³-hybridized carbons (Fsp3) is 0.917. The van der Waals surface area contributed by atoms with Crippen molar-refractivity contribution >= 4 is 6.03 Å². The Kier molecular flexibility index (Phi) is 2.75. The van der Waals surface area contributed by atoms with Gasteiger partial charge in [0.05, 0.1) is 0 Å². The second kappa shape index (κ2) is 4.24. The van der Waals surface area contributed by atoms with E-state index in [1.54, 1.807) is 0 Å². The number of carbonyl (C=O) groups excluding carboxylic acids is 1. The molecule has 1 atom stereocenters. The Labute approximate surface area is 97.0 Å². The van der Waals surface area contributed by atoms with Gasteiger partial charge in [0.25, 0.3) is 0 Å². The molecule has 4 heteroatoms. The van der Waals surface area contributed by atoms with Crippen LogP contribution in [0.4, 0.5) is 4.79 Å². The highest BCUT2D eigenvalue weighted by atomic mass is 16.2. The molecule has 0 aromatic carbocycles. The number of nitrogens with zero attached hydrogens (tertiary/aromatic N) is 2. The Morgan fingerprint density at radius 3 is 2.50 bits per heavy atom. The number of hydrogen-bond donors (Lipinski definition) is 1. The molecule has 16 heavy (non-hydrogen) atoms. The summed E-state index contributed by atoms with van der Waals surface area (Å²) in [6.07, 6.45) is 6.19. The molecule has 4 nitrogen and oxygen atoms in total. The van der Waals surface area contributed by atoms with Crippen molar-refractivity contribution in [1.29, 1.82) is 0 Å². The van der Waals surface area contributed by atoms with E-state index in [-0.39, 0.29) is 6.03 Å². The fourth-order valence-electron chi connectivity index (χ4n) is 2.82. The average Bonchev–Trinajstić information content (AvgIpc) is 2.84. The number of carbonyl (C=O) groups is 1. The number of nitrogens with one attached hydrogen (secondary N) is 1. The van der Waals surface area contributed by atoms with E-state index >= 15 is 0 Å². The van der Waals surface area contributed by atoms with Crippen molar-refractivity contribution in [3.63, 3.8) is 0 Å². The van der Waals surface area contributed by atoms with Crippen molar-refractivity contribution in [3.05, 3.63) is 0 Å². The molecule has 1 saturated carbocycles. The first kappa shape index (κ1) is 10.4. The molecule has 2 saturated heterocycles. The molecule has 0 aromatic heterocycles. The van der Waals surface area contributed by atoms with Gasteiger partial charge in [-0.2, -0.15) is 0 Å². The summed E-state index contributed by atoms with van der Waals surface area (Å²) in [6, 6.07) is 1.29. The SMILES string of the molecule is O=C(NC1CC1)N1CCC(N2CCCC2)C1. The van der Waals surface area contributed by atoms with Crippen LogP contribution < -0.4 is 5.32 Å². The second-order valence-corrected chi connectivity index (χ2v) is 5.36. The van der Waals surface area contributed by atoms with E-state index in [1.807, 2.05) is 4.90 Å². The highest BCUT2D eigenvalue weighted by Crippen LogP contribution is 2.22. The lowest BCUT2D eigenvalue weighted by Gasteiger charge is -2.23. The summed E-state index contributed by atoms with van der Waals surface area (Å²) in [5, 5.41) is 3.08. The molecule has 0 bridgehead atoms. The smallest absolute Gasteiger partial charge is 0.317 e. The summed E-state index contributed by atoms with van der Waals surface area (Å²) in [7, 11) is 0. The lowest BCUT2D eigenvalue weighted by atomic mass is 10.2. The molecule has 3 fully saturated rings. The van der Waals surface area contributed by atoms with Gasteiger partial charge in [-0.05, 0) is 45.2 Å². The molecule has 3 rings (SSSR count). The van der Waals surface area contributed by atoms with Gasteiger partial charge in [0.1, 0.15) is 0 Å². The van der Waals surface area contributed by atoms with Crippen molar-refractivity contribution in [2.24, 2.45) is 0 Å². The zero-order valence-corrected chi connectivity index (χ0v) is 9.82. The van der Waals surface area contributed by atoms with Crippen molar-refractivity contribution in [2.75, 3.05) is 26.2 Å². The summed E-state index contributed by atoms with van der Waals surface area (Å²) >= 11 is 0. The first-order chi connectivity index (χ1) is 7.83. The summed E-state index contributed by atoms with van der Waals surface area (Å²) in [5.41, 5.74) is 0. The van der Waals surface area contributed by atoms with Gasteiger partial charge in [0, 0.05) is 25.2 Å². The highest BCUT2D eigenvalue weighted by Gasteiger charge is 2.33. The molecular formula is C12H21N3O. The van der Waals surface area contributed by atoms with Crippen LogP contribution in [0.3, 0.4) is 0 Å². The molecule has 2 amide bonds. The van der Waals surface area contributed by atoms with Gasteiger partial charge in [-0.15, -0.1) is 0 Å². The molecule has 2 aliphatic heterocycles. The maximum absolute atomic E-state index is 11.9. The molecule has 2 heterocycles. The van der Waals surface area contributed by atoms with Crippen LogP contribution in [0.2, 0.25) is 0 Å². The Bertz CT molecular complexity index is 271. The zero-order valence-electron chi connectivity index (χ0n) is 9.82. The van der Waals surface area contributed by atoms with Crippen LogP contribution in [0.15, 0.2) is 0 Å². The van der Waals surface area contributed by atoms with Gasteiger partial charge < -0.3 is 10.2 Å². The lowest BCUT2D eigenvalue weighted by molar-refractivity contribution is 0.198. The lowest BCUT2D eigenvalue weighted by Crippen LogP contribution is -2.42. The average molecular weight is 223 g/mol. The van der Waals surface area contributed by atoms with E-state index in [0.717, 1.165) is 19.5 Å². The number of hydrogen-bond acceptors (Lipinski definition) is 2. The van der Waals surface area contributed by atoms with Crippen LogP contribution >= 0.6 is 0 Å². The third kappa shape index (κ3) is 2.17. The van der Waals surface area contributed by atoms with Gasteiger partial charge in [-0.1, -0.05) is 0 Å². The van der Waals surface area contributed by atoms with Crippen LogP contribution in [-0.2, 0) is 0 Å². The van der Waals surface area contributed by atoms with Crippen LogP contribution in [0.5, 0.6) is 0 Å². The number of likely N-dealkylation sites (tertiary alicyclic amines) is 2. The minimum atomic E-state index is 0.171. The predicted molar refractivity (Wildman–Crippen MR) is 62.3 cm³/mol. The number of amides is 2. The summed E-state index contributed by atoms with van der Waals surface area (Å²) in [6.45, 7) is 4.36. The van der Waals surface area contributed by atoms with Gasteiger partial charge in [-0.3, -0.25) is 4.90 Å². The Morgan fingerprint density at radius 2 is 1.81 bits per heavy atom. The molecule has 0 radical (unpaired) electrons. The standard InChI is InChI=1S/C12H21N3O/c16-12(13-10-3-4-10)15-8-5-11(9-15)14-6-1-2-7-14/h10-11H,1-9H2,(H,13,16). The summed E-state index contributed by atoms with van der Waals surface area (Å²) in [5.74, 6) is 0. The minimum absolute atomic E-state index is 0.171. The summed E-state index contributed by atoms with van der Waals surface area (Å²) in [4.78, 5) is 16.4. The number of urea groups is 1. The molecule has 3 aliphatic rings. The third-order valence-corrected chi connectivity index (χ3v) is 4.01. The maximum Gasteiger partial charge on any atom is 0.317 e. The first-order valence-corrected chi connectivity index (χ1v) is 6.62. The molecule has 0 spiro atoms. The highest BCUT2D eigenvalue weighted by molar-refractivity contribution is 5.75. The van der Waals surface area contributed by atoms with E-state index in [9.17, 15) is 4.79 Å². The Hall–Kier alpha value is -0.770. The van der Waals surface area contributed by atoms with Crippen LogP contribution in [-0.4, -0.2) is 54.1 Å². The largest absolute Gasteiger partial charge is 0.335 e. The van der Waals surface area contributed by atoms with Crippen molar-refractivity contribution in [3.8, 4) is 0 Å². The summed E-state index contributed by atoms with van der Waals surface area (Å²) < 4.78 is 0. The Morgan fingerprint density at radius 1 is 1.06 bits per heavy atom. The predicted octanol–water partition coefficient (Wildman–Crippen LogP) is 1.03. The maximum atomic E-state index is 11.9. The van der Waals surface area contributed by atoms with Crippen molar-refractivity contribution < 1.29 is 4.79 Å². The quantitative estimate of drug-likeness (QED) is 0.759. The molecule has 1 aliphatic carbocycles. The van der Waals surface area contributed by atoms with Crippen LogP contribution in [0.25, 0.3) is 0 Å². The van der Waals surface area contributed by atoms with Gasteiger partial charge >= 0.3 is 6.03 Å². The molecular weight excluding hydrogens is 202 g/mol. The van der Waals surface area contributed by atoms with Crippen LogP contribution in [0.1, 0.15) is 32.1 Å². The first-order valence-electron chi connectivity index (χ1n) is 6.62. The molecule has 0 aromatic rings. The second-order valence-electron chi connectivity index (χ2n) is 5.36. The van der Waals surface area contributed by atoms with Crippen molar-refractivity contribution in [1.82, 2.24) is 15.1 Å². The minimum Gasteiger partial charge on any atom is -0.335 e. The van der Waals surface area contributed by atoms with Gasteiger partial charge in [0.15, 0.2) is 0 Å². The molecule has 90 valence electrons.